The molecule has 0 spiro atoms. The Hall–Kier alpha value is -4.18. The van der Waals surface area contributed by atoms with Crippen molar-refractivity contribution in [2.75, 3.05) is 15.4 Å². The van der Waals surface area contributed by atoms with Gasteiger partial charge in [-0.05, 0) is 67.6 Å². The van der Waals surface area contributed by atoms with Crippen LogP contribution in [0.5, 0.6) is 0 Å². The topological polar surface area (TPSA) is 131 Å². The van der Waals surface area contributed by atoms with E-state index in [0.717, 1.165) is 0 Å². The van der Waals surface area contributed by atoms with Crippen molar-refractivity contribution in [2.24, 2.45) is 0 Å². The number of carbonyl (C=O) groups is 3. The van der Waals surface area contributed by atoms with Gasteiger partial charge in [-0.3, -0.25) is 14.3 Å². The van der Waals surface area contributed by atoms with E-state index in [0.29, 0.717) is 17.1 Å². The van der Waals surface area contributed by atoms with Crippen LogP contribution in [0.25, 0.3) is 0 Å². The Morgan fingerprint density at radius 1 is 0.765 bits per heavy atom. The Balaban J connectivity index is 1.58. The molecule has 3 N–H and O–H groups in total. The first-order chi connectivity index (χ1) is 16.1. The minimum absolute atomic E-state index is 0.0265. The fourth-order valence-electron chi connectivity index (χ4n) is 2.86. The smallest absolute Gasteiger partial charge is 0.338 e. The van der Waals surface area contributed by atoms with Crippen LogP contribution in [0.2, 0.25) is 0 Å². The molecule has 34 heavy (non-hydrogen) atoms. The molecule has 0 saturated carbocycles. The molecule has 176 valence electrons. The van der Waals surface area contributed by atoms with Gasteiger partial charge in [0.25, 0.3) is 15.9 Å². The average Bonchev–Trinajstić information content (AvgIpc) is 2.80. The molecule has 1 unspecified atom stereocenters. The number of para-hydroxylation sites is 1. The van der Waals surface area contributed by atoms with E-state index in [1.54, 1.807) is 54.6 Å². The van der Waals surface area contributed by atoms with Crippen molar-refractivity contribution in [1.82, 2.24) is 0 Å². The summed E-state index contributed by atoms with van der Waals surface area (Å²) >= 11 is 0. The minimum Gasteiger partial charge on any atom is -0.449 e. The third kappa shape index (κ3) is 6.66. The van der Waals surface area contributed by atoms with Crippen LogP contribution in [0, 0.1) is 0 Å². The molecule has 0 saturated heterocycles. The first-order valence-corrected chi connectivity index (χ1v) is 11.7. The van der Waals surface area contributed by atoms with E-state index in [1.165, 1.54) is 38.1 Å². The number of hydrogen-bond acceptors (Lipinski definition) is 6. The molecule has 0 radical (unpaired) electrons. The molecule has 0 bridgehead atoms. The highest BCUT2D eigenvalue weighted by molar-refractivity contribution is 7.92. The predicted octanol–water partition coefficient (Wildman–Crippen LogP) is 3.63. The lowest BCUT2D eigenvalue weighted by Crippen LogP contribution is -2.30. The summed E-state index contributed by atoms with van der Waals surface area (Å²) < 4.78 is 32.6. The van der Waals surface area contributed by atoms with Crippen molar-refractivity contribution in [3.63, 3.8) is 0 Å². The van der Waals surface area contributed by atoms with Crippen LogP contribution < -0.4 is 15.4 Å². The highest BCUT2D eigenvalue weighted by atomic mass is 32.2. The second-order valence-corrected chi connectivity index (χ2v) is 8.97. The fourth-order valence-corrected chi connectivity index (χ4v) is 3.92. The summed E-state index contributed by atoms with van der Waals surface area (Å²) in [4.78, 5) is 35.8. The molecule has 0 aromatic heterocycles. The van der Waals surface area contributed by atoms with E-state index >= 15 is 0 Å². The molecule has 3 aromatic rings. The van der Waals surface area contributed by atoms with Crippen molar-refractivity contribution in [3.05, 3.63) is 84.4 Å². The molecule has 3 rings (SSSR count). The van der Waals surface area contributed by atoms with Crippen LogP contribution in [-0.2, 0) is 24.3 Å². The van der Waals surface area contributed by atoms with Gasteiger partial charge in [-0.15, -0.1) is 0 Å². The summed E-state index contributed by atoms with van der Waals surface area (Å²) in [6, 6.07) is 20.0. The maximum atomic E-state index is 12.5. The predicted molar refractivity (Wildman–Crippen MR) is 128 cm³/mol. The summed E-state index contributed by atoms with van der Waals surface area (Å²) in [5.41, 5.74) is 1.55. The van der Waals surface area contributed by atoms with Crippen LogP contribution in [-0.4, -0.2) is 32.3 Å². The van der Waals surface area contributed by atoms with Crippen molar-refractivity contribution >= 4 is 44.9 Å². The molecule has 2 amide bonds. The van der Waals surface area contributed by atoms with Crippen LogP contribution in [0.3, 0.4) is 0 Å². The van der Waals surface area contributed by atoms with Crippen LogP contribution >= 0.6 is 0 Å². The van der Waals surface area contributed by atoms with E-state index in [-0.39, 0.29) is 16.4 Å². The number of carbonyl (C=O) groups excluding carboxylic acids is 3. The Labute approximate surface area is 197 Å². The third-order valence-electron chi connectivity index (χ3n) is 4.55. The van der Waals surface area contributed by atoms with Gasteiger partial charge in [0.05, 0.1) is 10.5 Å². The molecule has 0 aliphatic heterocycles. The Kier molecular flexibility index (Phi) is 7.64. The number of ether oxygens (including phenoxy) is 1. The molecule has 0 aliphatic rings. The second-order valence-electron chi connectivity index (χ2n) is 7.29. The van der Waals surface area contributed by atoms with E-state index < -0.39 is 28.0 Å². The summed E-state index contributed by atoms with van der Waals surface area (Å²) in [5, 5.41) is 5.23. The number of anilines is 3. The van der Waals surface area contributed by atoms with E-state index in [4.69, 9.17) is 4.74 Å². The second kappa shape index (κ2) is 10.6. The Morgan fingerprint density at radius 3 is 1.88 bits per heavy atom. The van der Waals surface area contributed by atoms with Gasteiger partial charge in [-0.25, -0.2) is 13.2 Å². The molecule has 10 heteroatoms. The van der Waals surface area contributed by atoms with Crippen molar-refractivity contribution < 1.29 is 27.5 Å². The quantitative estimate of drug-likeness (QED) is 0.421. The van der Waals surface area contributed by atoms with Crippen molar-refractivity contribution in [3.8, 4) is 0 Å². The molecule has 9 nitrogen and oxygen atoms in total. The number of rotatable bonds is 8. The normalized spacial score (nSPS) is 11.7. The monoisotopic (exact) mass is 481 g/mol. The first kappa shape index (κ1) is 24.5. The van der Waals surface area contributed by atoms with Gasteiger partial charge in [-0.2, -0.15) is 0 Å². The summed E-state index contributed by atoms with van der Waals surface area (Å²) in [6.07, 6.45) is -1.11. The zero-order valence-corrected chi connectivity index (χ0v) is 19.3. The highest BCUT2D eigenvalue weighted by Gasteiger charge is 2.20. The molecule has 1 atom stereocenters. The molecular weight excluding hydrogens is 458 g/mol. The van der Waals surface area contributed by atoms with Crippen LogP contribution in [0.1, 0.15) is 24.2 Å². The van der Waals surface area contributed by atoms with Gasteiger partial charge in [0, 0.05) is 24.0 Å². The van der Waals surface area contributed by atoms with E-state index in [2.05, 4.69) is 15.4 Å². The van der Waals surface area contributed by atoms with Crippen molar-refractivity contribution in [1.29, 1.82) is 0 Å². The standard InChI is InChI=1S/C24H23N3O6S/c1-16(23(29)26-20-12-10-19(11-13-20)25-17(2)28)33-24(30)18-8-14-22(15-9-18)34(31,32)27-21-6-4-3-5-7-21/h3-16,27H,1-2H3,(H,25,28)(H,26,29). The fraction of sp³-hybridized carbons (Fsp3) is 0.125. The number of esters is 1. The number of amides is 2. The highest BCUT2D eigenvalue weighted by Crippen LogP contribution is 2.18. The zero-order valence-electron chi connectivity index (χ0n) is 18.4. The Morgan fingerprint density at radius 2 is 1.32 bits per heavy atom. The molecule has 0 aliphatic carbocycles. The van der Waals surface area contributed by atoms with E-state index in [9.17, 15) is 22.8 Å². The van der Waals surface area contributed by atoms with Gasteiger partial charge in [0.2, 0.25) is 5.91 Å². The largest absolute Gasteiger partial charge is 0.449 e. The van der Waals surface area contributed by atoms with Crippen molar-refractivity contribution in [2.45, 2.75) is 24.8 Å². The summed E-state index contributed by atoms with van der Waals surface area (Å²) in [5.74, 6) is -1.54. The lowest BCUT2D eigenvalue weighted by molar-refractivity contribution is -0.123. The molecule has 0 heterocycles. The SMILES string of the molecule is CC(=O)Nc1ccc(NC(=O)C(C)OC(=O)c2ccc(S(=O)(=O)Nc3ccccc3)cc2)cc1. The van der Waals surface area contributed by atoms with Gasteiger partial charge in [0.15, 0.2) is 6.10 Å². The van der Waals surface area contributed by atoms with Gasteiger partial charge in [-0.1, -0.05) is 18.2 Å². The van der Waals surface area contributed by atoms with Gasteiger partial charge >= 0.3 is 5.97 Å². The zero-order chi connectivity index (χ0) is 24.7. The van der Waals surface area contributed by atoms with Crippen LogP contribution in [0.4, 0.5) is 17.1 Å². The number of nitrogens with one attached hydrogen (secondary N) is 3. The summed E-state index contributed by atoms with van der Waals surface area (Å²) in [7, 11) is -3.83. The molecule has 0 fully saturated rings. The van der Waals surface area contributed by atoms with Crippen LogP contribution in [0.15, 0.2) is 83.8 Å². The lowest BCUT2D eigenvalue weighted by atomic mass is 10.2. The van der Waals surface area contributed by atoms with Gasteiger partial charge < -0.3 is 15.4 Å². The third-order valence-corrected chi connectivity index (χ3v) is 5.95. The minimum atomic E-state index is -3.83. The summed E-state index contributed by atoms with van der Waals surface area (Å²) in [6.45, 7) is 2.81. The molecule has 3 aromatic carbocycles. The lowest BCUT2D eigenvalue weighted by Gasteiger charge is -2.14. The van der Waals surface area contributed by atoms with E-state index in [1.807, 2.05) is 0 Å². The maximum Gasteiger partial charge on any atom is 0.338 e. The maximum absolute atomic E-state index is 12.5. The Bertz CT molecular complexity index is 1270. The number of benzene rings is 3. The first-order valence-electron chi connectivity index (χ1n) is 10.2. The average molecular weight is 482 g/mol. The molecular formula is C24H23N3O6S. The van der Waals surface area contributed by atoms with Gasteiger partial charge in [0.1, 0.15) is 0 Å². The number of sulfonamides is 1. The number of hydrogen-bond donors (Lipinski definition) is 3.